The highest BCUT2D eigenvalue weighted by molar-refractivity contribution is 5.85. The Morgan fingerprint density at radius 1 is 1.25 bits per heavy atom. The second-order valence-electron chi connectivity index (χ2n) is 2.98. The Hall–Kier alpha value is -2.50. The van der Waals surface area contributed by atoms with Gasteiger partial charge in [-0.05, 0) is 24.3 Å². The van der Waals surface area contributed by atoms with Gasteiger partial charge in [0, 0.05) is 6.20 Å². The zero-order valence-electron chi connectivity index (χ0n) is 8.16. The van der Waals surface area contributed by atoms with Crippen LogP contribution < -0.4 is 5.32 Å². The number of carboxylic acid groups (broad SMARTS) is 1. The highest BCUT2D eigenvalue weighted by Crippen LogP contribution is 2.11. The van der Waals surface area contributed by atoms with E-state index in [1.54, 1.807) is 24.5 Å². The second kappa shape index (κ2) is 4.35. The molecule has 0 fully saturated rings. The number of nitrogens with one attached hydrogen (secondary N) is 1. The topological polar surface area (TPSA) is 88.0 Å². The summed E-state index contributed by atoms with van der Waals surface area (Å²) in [5.74, 6) is -0.626. The first-order valence-corrected chi connectivity index (χ1v) is 4.50. The van der Waals surface area contributed by atoms with Crippen molar-refractivity contribution in [2.45, 2.75) is 0 Å². The number of aromatic nitrogens is 3. The number of carboxylic acids is 1. The molecule has 0 aromatic carbocycles. The van der Waals surface area contributed by atoms with Crippen LogP contribution in [0.4, 0.5) is 11.5 Å². The Bertz CT molecular complexity index is 484. The molecule has 2 aromatic heterocycles. The van der Waals surface area contributed by atoms with Crippen LogP contribution in [0, 0.1) is 0 Å². The summed E-state index contributed by atoms with van der Waals surface area (Å²) in [6.45, 7) is 0. The fraction of sp³-hybridized carbons (Fsp3) is 0. The van der Waals surface area contributed by atoms with E-state index in [1.165, 1.54) is 6.07 Å². The van der Waals surface area contributed by atoms with Gasteiger partial charge in [0.1, 0.15) is 0 Å². The molecule has 0 aliphatic carbocycles. The lowest BCUT2D eigenvalue weighted by Crippen LogP contribution is -2.03. The van der Waals surface area contributed by atoms with Crippen molar-refractivity contribution >= 4 is 17.5 Å². The van der Waals surface area contributed by atoms with Crippen LogP contribution >= 0.6 is 0 Å². The van der Waals surface area contributed by atoms with Gasteiger partial charge in [-0.25, -0.2) is 4.79 Å². The average Bonchev–Trinajstić information content (AvgIpc) is 2.31. The molecular weight excluding hydrogens is 208 g/mol. The molecule has 0 amide bonds. The van der Waals surface area contributed by atoms with Crippen molar-refractivity contribution in [1.82, 2.24) is 15.2 Å². The van der Waals surface area contributed by atoms with E-state index in [-0.39, 0.29) is 5.69 Å². The molecule has 2 N–H and O–H groups in total. The van der Waals surface area contributed by atoms with Crippen LogP contribution in [0.3, 0.4) is 0 Å². The SMILES string of the molecule is O=C(O)c1ccc(Nc2cccnc2)nn1. The quantitative estimate of drug-likeness (QED) is 0.804. The van der Waals surface area contributed by atoms with Crippen molar-refractivity contribution in [3.8, 4) is 0 Å². The molecule has 2 heterocycles. The minimum atomic E-state index is -1.10. The van der Waals surface area contributed by atoms with Crippen LogP contribution in [0.5, 0.6) is 0 Å². The maximum absolute atomic E-state index is 10.5. The minimum Gasteiger partial charge on any atom is -0.476 e. The molecule has 0 aliphatic heterocycles. The van der Waals surface area contributed by atoms with Crippen molar-refractivity contribution in [1.29, 1.82) is 0 Å². The molecule has 0 bridgehead atoms. The van der Waals surface area contributed by atoms with Crippen molar-refractivity contribution in [3.05, 3.63) is 42.4 Å². The summed E-state index contributed by atoms with van der Waals surface area (Å²) in [5.41, 5.74) is 0.677. The Morgan fingerprint density at radius 2 is 2.12 bits per heavy atom. The van der Waals surface area contributed by atoms with Gasteiger partial charge < -0.3 is 10.4 Å². The van der Waals surface area contributed by atoms with Crippen molar-refractivity contribution < 1.29 is 9.90 Å². The molecule has 80 valence electrons. The van der Waals surface area contributed by atoms with Crippen molar-refractivity contribution in [2.24, 2.45) is 0 Å². The number of aromatic carboxylic acids is 1. The number of nitrogens with zero attached hydrogens (tertiary/aromatic N) is 3. The van der Waals surface area contributed by atoms with Gasteiger partial charge in [0.15, 0.2) is 11.5 Å². The van der Waals surface area contributed by atoms with E-state index in [4.69, 9.17) is 5.11 Å². The highest BCUT2D eigenvalue weighted by Gasteiger charge is 2.04. The molecule has 6 nitrogen and oxygen atoms in total. The molecule has 16 heavy (non-hydrogen) atoms. The van der Waals surface area contributed by atoms with Crippen molar-refractivity contribution in [3.63, 3.8) is 0 Å². The van der Waals surface area contributed by atoms with Gasteiger partial charge in [-0.15, -0.1) is 10.2 Å². The number of pyridine rings is 1. The largest absolute Gasteiger partial charge is 0.476 e. The number of hydrogen-bond donors (Lipinski definition) is 2. The molecule has 0 spiro atoms. The molecule has 6 heteroatoms. The summed E-state index contributed by atoms with van der Waals surface area (Å²) in [6.07, 6.45) is 3.29. The summed E-state index contributed by atoms with van der Waals surface area (Å²) >= 11 is 0. The van der Waals surface area contributed by atoms with E-state index in [2.05, 4.69) is 20.5 Å². The third kappa shape index (κ3) is 2.30. The fourth-order valence-corrected chi connectivity index (χ4v) is 1.10. The lowest BCUT2D eigenvalue weighted by atomic mass is 10.3. The van der Waals surface area contributed by atoms with Gasteiger partial charge >= 0.3 is 5.97 Å². The molecule has 0 saturated heterocycles. The Balaban J connectivity index is 2.14. The van der Waals surface area contributed by atoms with E-state index < -0.39 is 5.97 Å². The Morgan fingerprint density at radius 3 is 2.69 bits per heavy atom. The van der Waals surface area contributed by atoms with E-state index in [0.29, 0.717) is 5.82 Å². The smallest absolute Gasteiger partial charge is 0.356 e. The first kappa shape index (κ1) is 10.0. The zero-order valence-corrected chi connectivity index (χ0v) is 8.16. The van der Waals surface area contributed by atoms with Crippen LogP contribution in [0.2, 0.25) is 0 Å². The molecule has 2 rings (SSSR count). The van der Waals surface area contributed by atoms with Crippen LogP contribution in [0.1, 0.15) is 10.5 Å². The van der Waals surface area contributed by atoms with E-state index in [0.717, 1.165) is 5.69 Å². The number of anilines is 2. The summed E-state index contributed by atoms with van der Waals surface area (Å²) in [4.78, 5) is 14.5. The highest BCUT2D eigenvalue weighted by atomic mass is 16.4. The standard InChI is InChI=1S/C10H8N4O2/c15-10(16)8-3-4-9(14-13-8)12-7-2-1-5-11-6-7/h1-6H,(H,12,14)(H,15,16). The van der Waals surface area contributed by atoms with Crippen LogP contribution in [-0.2, 0) is 0 Å². The maximum atomic E-state index is 10.5. The van der Waals surface area contributed by atoms with Crippen LogP contribution in [0.15, 0.2) is 36.7 Å². The van der Waals surface area contributed by atoms with Gasteiger partial charge in [-0.2, -0.15) is 0 Å². The van der Waals surface area contributed by atoms with Gasteiger partial charge in [-0.1, -0.05) is 0 Å². The van der Waals surface area contributed by atoms with Gasteiger partial charge in [0.05, 0.1) is 11.9 Å². The number of hydrogen-bond acceptors (Lipinski definition) is 5. The molecule has 0 saturated carbocycles. The molecule has 2 aromatic rings. The molecular formula is C10H8N4O2. The monoisotopic (exact) mass is 216 g/mol. The number of rotatable bonds is 3. The second-order valence-corrected chi connectivity index (χ2v) is 2.98. The third-order valence-corrected chi connectivity index (χ3v) is 1.82. The summed E-state index contributed by atoms with van der Waals surface area (Å²) in [7, 11) is 0. The van der Waals surface area contributed by atoms with Crippen molar-refractivity contribution in [2.75, 3.05) is 5.32 Å². The third-order valence-electron chi connectivity index (χ3n) is 1.82. The minimum absolute atomic E-state index is 0.0864. The van der Waals surface area contributed by atoms with Gasteiger partial charge in [0.2, 0.25) is 0 Å². The first-order chi connectivity index (χ1) is 7.75. The predicted molar refractivity (Wildman–Crippen MR) is 56.5 cm³/mol. The molecule has 0 aliphatic rings. The average molecular weight is 216 g/mol. The van der Waals surface area contributed by atoms with Gasteiger partial charge in [-0.3, -0.25) is 4.98 Å². The van der Waals surface area contributed by atoms with Crippen LogP contribution in [-0.4, -0.2) is 26.3 Å². The van der Waals surface area contributed by atoms with Crippen LogP contribution in [0.25, 0.3) is 0 Å². The normalized spacial score (nSPS) is 9.75. The van der Waals surface area contributed by atoms with Gasteiger partial charge in [0.25, 0.3) is 0 Å². The Labute approximate surface area is 91.0 Å². The molecule has 0 unspecified atom stereocenters. The zero-order chi connectivity index (χ0) is 11.4. The predicted octanol–water partition coefficient (Wildman–Crippen LogP) is 1.31. The molecule has 0 radical (unpaired) electrons. The first-order valence-electron chi connectivity index (χ1n) is 4.50. The maximum Gasteiger partial charge on any atom is 0.356 e. The lowest BCUT2D eigenvalue weighted by Gasteiger charge is -2.03. The van der Waals surface area contributed by atoms with E-state index in [9.17, 15) is 4.79 Å². The molecule has 0 atom stereocenters. The fourth-order valence-electron chi connectivity index (χ4n) is 1.10. The van der Waals surface area contributed by atoms with E-state index >= 15 is 0 Å². The summed E-state index contributed by atoms with van der Waals surface area (Å²) in [5, 5.41) is 18.8. The summed E-state index contributed by atoms with van der Waals surface area (Å²) in [6, 6.07) is 6.53. The Kier molecular flexibility index (Phi) is 2.73. The number of carbonyl (C=O) groups is 1. The summed E-state index contributed by atoms with van der Waals surface area (Å²) < 4.78 is 0. The lowest BCUT2D eigenvalue weighted by molar-refractivity contribution is 0.0689. The van der Waals surface area contributed by atoms with E-state index in [1.807, 2.05) is 6.07 Å².